The summed E-state index contributed by atoms with van der Waals surface area (Å²) in [7, 11) is 1.60. The average molecular weight is 298 g/mol. The molecule has 0 saturated carbocycles. The normalized spacial score (nSPS) is 10.5. The maximum absolute atomic E-state index is 11.6. The van der Waals surface area contributed by atoms with E-state index in [0.717, 1.165) is 16.9 Å². The summed E-state index contributed by atoms with van der Waals surface area (Å²) in [5, 5.41) is 3.88. The summed E-state index contributed by atoms with van der Waals surface area (Å²) in [6, 6.07) is 14.9. The molecule has 5 nitrogen and oxygen atoms in total. The van der Waals surface area contributed by atoms with Gasteiger partial charge < -0.3 is 9.47 Å². The van der Waals surface area contributed by atoms with Crippen molar-refractivity contribution in [2.45, 2.75) is 6.92 Å². The van der Waals surface area contributed by atoms with Crippen molar-refractivity contribution in [2.24, 2.45) is 5.10 Å². The third kappa shape index (κ3) is 4.94. The highest BCUT2D eigenvalue weighted by Crippen LogP contribution is 2.11. The number of carbonyl (C=O) groups is 1. The van der Waals surface area contributed by atoms with E-state index in [2.05, 4.69) is 10.5 Å². The number of hydrogen-bond donors (Lipinski definition) is 1. The van der Waals surface area contributed by atoms with Gasteiger partial charge in [-0.25, -0.2) is 5.43 Å². The fraction of sp³-hybridized carbons (Fsp3) is 0.176. The molecule has 0 unspecified atom stereocenters. The fourth-order valence-electron chi connectivity index (χ4n) is 1.72. The number of carbonyl (C=O) groups excluding carboxylic acids is 1. The monoisotopic (exact) mass is 298 g/mol. The molecule has 0 atom stereocenters. The van der Waals surface area contributed by atoms with Crippen molar-refractivity contribution < 1.29 is 14.3 Å². The topological polar surface area (TPSA) is 59.9 Å². The Hall–Kier alpha value is -2.82. The Morgan fingerprint density at radius 3 is 2.68 bits per heavy atom. The van der Waals surface area contributed by atoms with Crippen molar-refractivity contribution >= 4 is 12.1 Å². The predicted molar refractivity (Wildman–Crippen MR) is 85.4 cm³/mol. The molecular formula is C17H18N2O3. The smallest absolute Gasteiger partial charge is 0.277 e. The molecular weight excluding hydrogens is 280 g/mol. The highest BCUT2D eigenvalue weighted by atomic mass is 16.5. The maximum Gasteiger partial charge on any atom is 0.277 e. The van der Waals surface area contributed by atoms with Gasteiger partial charge in [0.15, 0.2) is 6.61 Å². The number of amides is 1. The third-order valence-electron chi connectivity index (χ3n) is 2.89. The molecule has 0 aliphatic heterocycles. The second kappa shape index (κ2) is 7.83. The van der Waals surface area contributed by atoms with E-state index in [0.29, 0.717) is 5.75 Å². The number of rotatable bonds is 6. The van der Waals surface area contributed by atoms with Gasteiger partial charge >= 0.3 is 0 Å². The van der Waals surface area contributed by atoms with E-state index < -0.39 is 0 Å². The first-order valence-electron chi connectivity index (χ1n) is 6.83. The number of nitrogens with one attached hydrogen (secondary N) is 1. The number of aryl methyl sites for hydroxylation is 1. The van der Waals surface area contributed by atoms with Gasteiger partial charge in [0.05, 0.1) is 13.3 Å². The summed E-state index contributed by atoms with van der Waals surface area (Å²) in [5.74, 6) is 1.07. The lowest BCUT2D eigenvalue weighted by Gasteiger charge is -2.05. The van der Waals surface area contributed by atoms with E-state index in [1.54, 1.807) is 13.3 Å². The second-order valence-corrected chi connectivity index (χ2v) is 4.67. The summed E-state index contributed by atoms with van der Waals surface area (Å²) in [6.45, 7) is 1.91. The molecule has 0 aromatic heterocycles. The standard InChI is InChI=1S/C17H18N2O3/c1-13-6-8-15(9-7-13)22-12-17(20)19-18-11-14-4-3-5-16(10-14)21-2/h3-11H,12H2,1-2H3,(H,19,20)/b18-11-. The molecule has 2 rings (SSSR count). The molecule has 2 aromatic rings. The van der Waals surface area contributed by atoms with Gasteiger partial charge in [-0.3, -0.25) is 4.79 Å². The van der Waals surface area contributed by atoms with Crippen LogP contribution in [0.4, 0.5) is 0 Å². The zero-order chi connectivity index (χ0) is 15.8. The van der Waals surface area contributed by atoms with Crippen molar-refractivity contribution in [3.05, 3.63) is 59.7 Å². The van der Waals surface area contributed by atoms with Crippen molar-refractivity contribution in [1.82, 2.24) is 5.43 Å². The molecule has 2 aromatic carbocycles. The van der Waals surface area contributed by atoms with Gasteiger partial charge in [0.25, 0.3) is 5.91 Å². The lowest BCUT2D eigenvalue weighted by Crippen LogP contribution is -2.24. The Morgan fingerprint density at radius 2 is 1.95 bits per heavy atom. The van der Waals surface area contributed by atoms with Crippen LogP contribution in [0.1, 0.15) is 11.1 Å². The molecule has 22 heavy (non-hydrogen) atoms. The van der Waals surface area contributed by atoms with Crippen LogP contribution in [0.5, 0.6) is 11.5 Å². The highest BCUT2D eigenvalue weighted by molar-refractivity contribution is 5.83. The van der Waals surface area contributed by atoms with Crippen molar-refractivity contribution in [2.75, 3.05) is 13.7 Å². The summed E-state index contributed by atoms with van der Waals surface area (Å²) >= 11 is 0. The zero-order valence-electron chi connectivity index (χ0n) is 12.6. The van der Waals surface area contributed by atoms with Crippen LogP contribution in [0.2, 0.25) is 0 Å². The number of ether oxygens (including phenoxy) is 2. The summed E-state index contributed by atoms with van der Waals surface area (Å²) in [4.78, 5) is 11.6. The van der Waals surface area contributed by atoms with Gasteiger partial charge in [0, 0.05) is 0 Å². The van der Waals surface area contributed by atoms with E-state index in [1.807, 2.05) is 55.5 Å². The van der Waals surface area contributed by atoms with Crippen LogP contribution in [-0.4, -0.2) is 25.8 Å². The quantitative estimate of drug-likeness (QED) is 0.658. The van der Waals surface area contributed by atoms with Gasteiger partial charge in [-0.1, -0.05) is 29.8 Å². The first-order valence-corrected chi connectivity index (χ1v) is 6.83. The van der Waals surface area contributed by atoms with Crippen molar-refractivity contribution in [3.63, 3.8) is 0 Å². The predicted octanol–water partition coefficient (Wildman–Crippen LogP) is 2.53. The number of hydrazone groups is 1. The van der Waals surface area contributed by atoms with E-state index in [9.17, 15) is 4.79 Å². The lowest BCUT2D eigenvalue weighted by molar-refractivity contribution is -0.123. The van der Waals surface area contributed by atoms with Crippen molar-refractivity contribution in [1.29, 1.82) is 0 Å². The molecule has 0 fully saturated rings. The minimum atomic E-state index is -0.320. The molecule has 5 heteroatoms. The molecule has 0 heterocycles. The maximum atomic E-state index is 11.6. The van der Waals surface area contributed by atoms with E-state index in [1.165, 1.54) is 0 Å². The Kier molecular flexibility index (Phi) is 5.54. The molecule has 0 aliphatic carbocycles. The molecule has 1 amide bonds. The first-order chi connectivity index (χ1) is 10.7. The number of methoxy groups -OCH3 is 1. The molecule has 1 N–H and O–H groups in total. The largest absolute Gasteiger partial charge is 0.497 e. The van der Waals surface area contributed by atoms with Gasteiger partial charge in [0.2, 0.25) is 0 Å². The first kappa shape index (κ1) is 15.6. The van der Waals surface area contributed by atoms with Crippen LogP contribution in [0.15, 0.2) is 53.6 Å². The van der Waals surface area contributed by atoms with Gasteiger partial charge in [-0.2, -0.15) is 5.10 Å². The fourth-order valence-corrected chi connectivity index (χ4v) is 1.72. The van der Waals surface area contributed by atoms with Crippen LogP contribution in [0.25, 0.3) is 0 Å². The molecule has 0 saturated heterocycles. The van der Waals surface area contributed by atoms with E-state index in [-0.39, 0.29) is 12.5 Å². The zero-order valence-corrected chi connectivity index (χ0v) is 12.6. The number of hydrogen-bond acceptors (Lipinski definition) is 4. The van der Waals surface area contributed by atoms with Crippen LogP contribution in [0, 0.1) is 6.92 Å². The molecule has 0 spiro atoms. The minimum Gasteiger partial charge on any atom is -0.497 e. The Labute approximate surface area is 129 Å². The van der Waals surface area contributed by atoms with Gasteiger partial charge in [-0.05, 0) is 36.8 Å². The van der Waals surface area contributed by atoms with E-state index >= 15 is 0 Å². The Balaban J connectivity index is 1.79. The number of benzene rings is 2. The molecule has 114 valence electrons. The Bertz CT molecular complexity index is 651. The van der Waals surface area contributed by atoms with Crippen molar-refractivity contribution in [3.8, 4) is 11.5 Å². The molecule has 0 bridgehead atoms. The van der Waals surface area contributed by atoms with Crippen LogP contribution >= 0.6 is 0 Å². The van der Waals surface area contributed by atoms with Crippen LogP contribution in [0.3, 0.4) is 0 Å². The minimum absolute atomic E-state index is 0.0848. The Morgan fingerprint density at radius 1 is 1.18 bits per heavy atom. The lowest BCUT2D eigenvalue weighted by atomic mass is 10.2. The van der Waals surface area contributed by atoms with Gasteiger partial charge in [0.1, 0.15) is 11.5 Å². The third-order valence-corrected chi connectivity index (χ3v) is 2.89. The van der Waals surface area contributed by atoms with Crippen LogP contribution < -0.4 is 14.9 Å². The summed E-state index contributed by atoms with van der Waals surface area (Å²) in [6.07, 6.45) is 1.55. The van der Waals surface area contributed by atoms with Crippen LogP contribution in [-0.2, 0) is 4.79 Å². The van der Waals surface area contributed by atoms with E-state index in [4.69, 9.17) is 9.47 Å². The highest BCUT2D eigenvalue weighted by Gasteiger charge is 2.01. The SMILES string of the molecule is COc1cccc(/C=N\NC(=O)COc2ccc(C)cc2)c1. The average Bonchev–Trinajstić information content (AvgIpc) is 2.54. The summed E-state index contributed by atoms with van der Waals surface area (Å²) in [5.41, 5.74) is 4.39. The second-order valence-electron chi connectivity index (χ2n) is 4.67. The molecule has 0 radical (unpaired) electrons. The summed E-state index contributed by atoms with van der Waals surface area (Å²) < 4.78 is 10.5. The van der Waals surface area contributed by atoms with Gasteiger partial charge in [-0.15, -0.1) is 0 Å². The number of nitrogens with zero attached hydrogens (tertiary/aromatic N) is 1. The molecule has 0 aliphatic rings.